The normalized spacial score (nSPS) is 12.1. The van der Waals surface area contributed by atoms with Crippen molar-refractivity contribution in [3.63, 3.8) is 0 Å². The van der Waals surface area contributed by atoms with Crippen LogP contribution in [0, 0.1) is 0 Å². The van der Waals surface area contributed by atoms with Gasteiger partial charge in [0.05, 0.1) is 0 Å². The summed E-state index contributed by atoms with van der Waals surface area (Å²) in [5.41, 5.74) is 0. The highest BCUT2D eigenvalue weighted by atomic mass is 79.9. The summed E-state index contributed by atoms with van der Waals surface area (Å²) in [5, 5.41) is -0.160. The van der Waals surface area contributed by atoms with Crippen LogP contribution >= 0.6 is 15.9 Å². The number of hydrogen-bond donors (Lipinski definition) is 0. The molecule has 0 heterocycles. The molecule has 2 nitrogen and oxygen atoms in total. The number of unbranched alkanes of at least 4 members (excludes halogenated alkanes) is 8. The minimum Gasteiger partial charge on any atom is -0.448 e. The molecule has 0 aliphatic rings. The number of carbonyl (C=O) groups is 1. The highest BCUT2D eigenvalue weighted by Crippen LogP contribution is 2.15. The first-order valence-corrected chi connectivity index (χ1v) is 8.09. The second kappa shape index (κ2) is 13.1. The molecule has 0 bridgehead atoms. The molecule has 18 heavy (non-hydrogen) atoms. The van der Waals surface area contributed by atoms with Crippen LogP contribution < -0.4 is 0 Å². The van der Waals surface area contributed by atoms with Crippen LogP contribution in [0.2, 0.25) is 0 Å². The van der Waals surface area contributed by atoms with Crippen molar-refractivity contribution in [1.82, 2.24) is 0 Å². The van der Waals surface area contributed by atoms with Crippen molar-refractivity contribution in [1.29, 1.82) is 0 Å². The van der Waals surface area contributed by atoms with Gasteiger partial charge in [0.25, 0.3) is 0 Å². The number of rotatable bonds is 12. The molecule has 0 saturated heterocycles. The second-order valence-electron chi connectivity index (χ2n) is 4.67. The smallest absolute Gasteiger partial charge is 0.331 e. The predicted octanol–water partition coefficient (Wildman–Crippen LogP) is 5.36. The van der Waals surface area contributed by atoms with Gasteiger partial charge in [-0.15, -0.1) is 0 Å². The van der Waals surface area contributed by atoms with Crippen molar-refractivity contribution in [2.24, 2.45) is 0 Å². The summed E-state index contributed by atoms with van der Waals surface area (Å²) in [6.45, 7) is 5.62. The Morgan fingerprint density at radius 2 is 1.61 bits per heavy atom. The van der Waals surface area contributed by atoms with Crippen LogP contribution in [-0.4, -0.2) is 11.0 Å². The number of carbonyl (C=O) groups excluding carboxylic acids is 1. The van der Waals surface area contributed by atoms with Gasteiger partial charge in [-0.2, -0.15) is 0 Å². The largest absolute Gasteiger partial charge is 0.448 e. The summed E-state index contributed by atoms with van der Waals surface area (Å²) in [7, 11) is 0. The van der Waals surface area contributed by atoms with E-state index in [1.54, 1.807) is 0 Å². The van der Waals surface area contributed by atoms with Crippen LogP contribution in [0.1, 0.15) is 71.1 Å². The third-order valence-electron chi connectivity index (χ3n) is 2.95. The van der Waals surface area contributed by atoms with Gasteiger partial charge < -0.3 is 4.74 Å². The second-order valence-corrected chi connectivity index (χ2v) is 5.69. The molecule has 0 aromatic heterocycles. The van der Waals surface area contributed by atoms with E-state index >= 15 is 0 Å². The van der Waals surface area contributed by atoms with E-state index in [1.165, 1.54) is 57.4 Å². The lowest BCUT2D eigenvalue weighted by atomic mass is 10.1. The maximum absolute atomic E-state index is 10.9. The third kappa shape index (κ3) is 12.2. The average Bonchev–Trinajstić information content (AvgIpc) is 2.36. The molecular weight excluding hydrogens is 292 g/mol. The minimum atomic E-state index is -0.354. The summed E-state index contributed by atoms with van der Waals surface area (Å²) < 4.78 is 5.03. The molecule has 0 saturated carbocycles. The Hall–Kier alpha value is -0.310. The first-order chi connectivity index (χ1) is 8.70. The summed E-state index contributed by atoms with van der Waals surface area (Å²) in [4.78, 5) is 10.9. The van der Waals surface area contributed by atoms with Crippen LogP contribution in [0.25, 0.3) is 0 Å². The molecule has 0 aromatic rings. The quantitative estimate of drug-likeness (QED) is 0.209. The van der Waals surface area contributed by atoms with Gasteiger partial charge in [-0.3, -0.25) is 0 Å². The number of hydrogen-bond acceptors (Lipinski definition) is 2. The van der Waals surface area contributed by atoms with E-state index in [4.69, 9.17) is 4.74 Å². The molecule has 1 atom stereocenters. The summed E-state index contributed by atoms with van der Waals surface area (Å²) >= 11 is 3.34. The summed E-state index contributed by atoms with van der Waals surface area (Å²) in [6.07, 6.45) is 13.9. The molecule has 0 aliphatic carbocycles. The standard InChI is InChI=1S/C15H27BrO2/c1-3-5-6-7-8-9-10-11-12-13-14(16)18-15(17)4-2/h4,14H,2-3,5-13H2,1H3. The highest BCUT2D eigenvalue weighted by Gasteiger charge is 2.07. The Bertz CT molecular complexity index is 217. The number of alkyl halides is 1. The number of esters is 1. The Labute approximate surface area is 120 Å². The Kier molecular flexibility index (Phi) is 12.9. The van der Waals surface area contributed by atoms with Gasteiger partial charge in [0.15, 0.2) is 5.01 Å². The van der Waals surface area contributed by atoms with Gasteiger partial charge in [0, 0.05) is 6.08 Å². The van der Waals surface area contributed by atoms with Crippen molar-refractivity contribution < 1.29 is 9.53 Å². The van der Waals surface area contributed by atoms with Crippen molar-refractivity contribution in [2.75, 3.05) is 0 Å². The van der Waals surface area contributed by atoms with Crippen LogP contribution in [0.3, 0.4) is 0 Å². The van der Waals surface area contributed by atoms with Gasteiger partial charge in [0.2, 0.25) is 0 Å². The summed E-state index contributed by atoms with van der Waals surface area (Å²) in [5.74, 6) is -0.354. The zero-order valence-corrected chi connectivity index (χ0v) is 13.2. The Morgan fingerprint density at radius 3 is 2.11 bits per heavy atom. The zero-order chi connectivity index (χ0) is 13.6. The molecule has 1 unspecified atom stereocenters. The Morgan fingerprint density at radius 1 is 1.11 bits per heavy atom. The van der Waals surface area contributed by atoms with E-state index in [2.05, 4.69) is 29.4 Å². The van der Waals surface area contributed by atoms with E-state index < -0.39 is 0 Å². The SMILES string of the molecule is C=CC(=O)OC(Br)CCCCCCCCCCC. The molecular formula is C15H27BrO2. The minimum absolute atomic E-state index is 0.160. The maximum Gasteiger partial charge on any atom is 0.331 e. The molecule has 0 aliphatic heterocycles. The fourth-order valence-electron chi connectivity index (χ4n) is 1.85. The molecule has 0 fully saturated rings. The molecule has 106 valence electrons. The molecule has 0 aromatic carbocycles. The molecule has 0 spiro atoms. The van der Waals surface area contributed by atoms with Crippen molar-refractivity contribution >= 4 is 21.9 Å². The van der Waals surface area contributed by atoms with Crippen LogP contribution in [-0.2, 0) is 9.53 Å². The van der Waals surface area contributed by atoms with Crippen molar-refractivity contribution in [3.05, 3.63) is 12.7 Å². The molecule has 0 N–H and O–H groups in total. The van der Waals surface area contributed by atoms with Gasteiger partial charge >= 0.3 is 5.97 Å². The van der Waals surface area contributed by atoms with E-state index in [0.29, 0.717) is 0 Å². The third-order valence-corrected chi connectivity index (χ3v) is 3.59. The maximum atomic E-state index is 10.9. The fourth-order valence-corrected chi connectivity index (χ4v) is 2.36. The van der Waals surface area contributed by atoms with E-state index in [1.807, 2.05) is 0 Å². The van der Waals surface area contributed by atoms with E-state index in [-0.39, 0.29) is 11.0 Å². The lowest BCUT2D eigenvalue weighted by Gasteiger charge is -2.09. The van der Waals surface area contributed by atoms with E-state index in [0.717, 1.165) is 12.8 Å². The van der Waals surface area contributed by atoms with Crippen LogP contribution in [0.4, 0.5) is 0 Å². The monoisotopic (exact) mass is 318 g/mol. The van der Waals surface area contributed by atoms with Gasteiger partial charge in [0.1, 0.15) is 0 Å². The first kappa shape index (κ1) is 17.7. The van der Waals surface area contributed by atoms with Crippen LogP contribution in [0.5, 0.6) is 0 Å². The topological polar surface area (TPSA) is 26.3 Å². The summed E-state index contributed by atoms with van der Waals surface area (Å²) in [6, 6.07) is 0. The lowest BCUT2D eigenvalue weighted by molar-refractivity contribution is -0.139. The Balaban J connectivity index is 3.19. The van der Waals surface area contributed by atoms with Gasteiger partial charge in [-0.05, 0) is 28.8 Å². The van der Waals surface area contributed by atoms with E-state index in [9.17, 15) is 4.79 Å². The fraction of sp³-hybridized carbons (Fsp3) is 0.800. The first-order valence-electron chi connectivity index (χ1n) is 7.17. The molecule has 0 radical (unpaired) electrons. The predicted molar refractivity (Wildman–Crippen MR) is 80.8 cm³/mol. The highest BCUT2D eigenvalue weighted by molar-refractivity contribution is 9.09. The number of ether oxygens (including phenoxy) is 1. The molecule has 0 rings (SSSR count). The molecule has 0 amide bonds. The van der Waals surface area contributed by atoms with Crippen molar-refractivity contribution in [3.8, 4) is 0 Å². The zero-order valence-electron chi connectivity index (χ0n) is 11.6. The van der Waals surface area contributed by atoms with Crippen molar-refractivity contribution in [2.45, 2.75) is 76.1 Å². The van der Waals surface area contributed by atoms with Crippen LogP contribution in [0.15, 0.2) is 12.7 Å². The number of halogens is 1. The average molecular weight is 319 g/mol. The molecule has 3 heteroatoms. The lowest BCUT2D eigenvalue weighted by Crippen LogP contribution is -2.09. The van der Waals surface area contributed by atoms with Gasteiger partial charge in [-0.25, -0.2) is 4.79 Å². The van der Waals surface area contributed by atoms with Gasteiger partial charge in [-0.1, -0.05) is 64.9 Å².